The molecule has 0 aliphatic rings. The van der Waals surface area contributed by atoms with Gasteiger partial charge in [0.05, 0.1) is 26.4 Å². The van der Waals surface area contributed by atoms with Crippen LogP contribution in [0.2, 0.25) is 0 Å². The summed E-state index contributed by atoms with van der Waals surface area (Å²) in [6.07, 6.45) is 0. The van der Waals surface area contributed by atoms with Crippen molar-refractivity contribution >= 4 is 5.97 Å². The van der Waals surface area contributed by atoms with Crippen LogP contribution in [0, 0.1) is 12.7 Å². The molecule has 42 heavy (non-hydrogen) atoms. The number of esters is 1. The Kier molecular flexibility index (Phi) is 8.25. The van der Waals surface area contributed by atoms with Crippen LogP contribution in [0.1, 0.15) is 22.8 Å². The van der Waals surface area contributed by atoms with Crippen LogP contribution in [-0.4, -0.2) is 31.9 Å². The Balaban J connectivity index is 1.54. The topological polar surface area (TPSA) is 65.0 Å². The summed E-state index contributed by atoms with van der Waals surface area (Å²) in [5.41, 5.74) is 7.11. The number of phenolic OH excluding ortho intramolecular Hbond substituents is 1. The lowest BCUT2D eigenvalue weighted by Crippen LogP contribution is -2.07. The molecular weight excluding hydrogens is 531 g/mol. The van der Waals surface area contributed by atoms with Crippen molar-refractivity contribution in [3.05, 3.63) is 114 Å². The molecule has 6 heteroatoms. The number of methoxy groups -OCH3 is 2. The summed E-state index contributed by atoms with van der Waals surface area (Å²) >= 11 is 0. The number of aryl methyl sites for hydroxylation is 1. The van der Waals surface area contributed by atoms with E-state index in [9.17, 15) is 9.90 Å². The number of hydrogen-bond acceptors (Lipinski definition) is 5. The summed E-state index contributed by atoms with van der Waals surface area (Å²) in [6.45, 7) is 4.07. The van der Waals surface area contributed by atoms with Gasteiger partial charge in [-0.15, -0.1) is 0 Å². The van der Waals surface area contributed by atoms with E-state index in [-0.39, 0.29) is 12.4 Å². The minimum absolute atomic E-state index is 0.0147. The van der Waals surface area contributed by atoms with E-state index in [1.54, 1.807) is 32.2 Å². The fraction of sp³-hybridized carbons (Fsp3) is 0.139. The van der Waals surface area contributed by atoms with E-state index < -0.39 is 11.8 Å². The van der Waals surface area contributed by atoms with Crippen molar-refractivity contribution in [1.82, 2.24) is 0 Å². The van der Waals surface area contributed by atoms with Crippen LogP contribution in [-0.2, 0) is 4.74 Å². The molecule has 0 saturated heterocycles. The van der Waals surface area contributed by atoms with E-state index in [0.29, 0.717) is 44.9 Å². The molecule has 0 spiro atoms. The van der Waals surface area contributed by atoms with Gasteiger partial charge in [0.15, 0.2) is 0 Å². The fourth-order valence-corrected chi connectivity index (χ4v) is 4.97. The number of benzene rings is 5. The highest BCUT2D eigenvalue weighted by Gasteiger charge is 2.18. The molecule has 0 radical (unpaired) electrons. The van der Waals surface area contributed by atoms with E-state index in [1.165, 1.54) is 25.3 Å². The van der Waals surface area contributed by atoms with Crippen LogP contribution in [0.5, 0.6) is 17.2 Å². The van der Waals surface area contributed by atoms with Crippen molar-refractivity contribution in [3.63, 3.8) is 0 Å². The first-order chi connectivity index (χ1) is 20.3. The van der Waals surface area contributed by atoms with Gasteiger partial charge in [-0.1, -0.05) is 66.2 Å². The highest BCUT2D eigenvalue weighted by molar-refractivity contribution is 5.99. The monoisotopic (exact) mass is 562 g/mol. The van der Waals surface area contributed by atoms with E-state index in [4.69, 9.17) is 14.2 Å². The number of carbonyl (C=O) groups excluding carboxylic acids is 1. The summed E-state index contributed by atoms with van der Waals surface area (Å²) < 4.78 is 31.7. The third-order valence-corrected chi connectivity index (χ3v) is 7.13. The van der Waals surface area contributed by atoms with Gasteiger partial charge in [-0.25, -0.2) is 9.18 Å². The first-order valence-corrected chi connectivity index (χ1v) is 13.6. The molecule has 0 aromatic heterocycles. The molecule has 5 aromatic rings. The Bertz CT molecular complexity index is 1760. The minimum atomic E-state index is -0.456. The normalized spacial score (nSPS) is 10.8. The number of phenols is 1. The third kappa shape index (κ3) is 5.84. The molecule has 5 rings (SSSR count). The predicted molar refractivity (Wildman–Crippen MR) is 164 cm³/mol. The fourth-order valence-electron chi connectivity index (χ4n) is 4.97. The standard InChI is InChI=1S/C36H31FO5/c1-5-42-36(39)33-18-24(23-8-6-22(2)7-9-23)10-13-30(33)26-12-15-32(35(20-26)41-4)25-11-14-31(34(37)19-25)27-16-28(38)21-29(17-27)40-3/h6-21,38H,5H2,1-4H3. The summed E-state index contributed by atoms with van der Waals surface area (Å²) in [6, 6.07) is 28.9. The molecule has 0 bridgehead atoms. The summed E-state index contributed by atoms with van der Waals surface area (Å²) in [4.78, 5) is 13.0. The van der Waals surface area contributed by atoms with Crippen molar-refractivity contribution in [1.29, 1.82) is 0 Å². The molecule has 0 saturated carbocycles. The number of aromatic hydroxyl groups is 1. The third-order valence-electron chi connectivity index (χ3n) is 7.13. The van der Waals surface area contributed by atoms with E-state index in [1.807, 2.05) is 67.6 Å². The van der Waals surface area contributed by atoms with Crippen molar-refractivity contribution < 1.29 is 28.5 Å². The predicted octanol–water partition coefficient (Wildman–Crippen LogP) is 8.70. The molecule has 0 aliphatic heterocycles. The van der Waals surface area contributed by atoms with Gasteiger partial charge >= 0.3 is 5.97 Å². The van der Waals surface area contributed by atoms with Crippen LogP contribution in [0.3, 0.4) is 0 Å². The Morgan fingerprint density at radius 2 is 1.33 bits per heavy atom. The maximum atomic E-state index is 15.4. The van der Waals surface area contributed by atoms with Crippen LogP contribution in [0.25, 0.3) is 44.5 Å². The highest BCUT2D eigenvalue weighted by Crippen LogP contribution is 2.39. The first-order valence-electron chi connectivity index (χ1n) is 13.6. The Hall–Kier alpha value is -5.10. The number of halogens is 1. The molecule has 0 atom stereocenters. The lowest BCUT2D eigenvalue weighted by molar-refractivity contribution is 0.0527. The average Bonchev–Trinajstić information content (AvgIpc) is 3.00. The molecule has 0 heterocycles. The SMILES string of the molecule is CCOC(=O)c1cc(-c2ccc(C)cc2)ccc1-c1ccc(-c2ccc(-c3cc(O)cc(OC)c3)c(F)c2)c(OC)c1. The van der Waals surface area contributed by atoms with Gasteiger partial charge in [-0.2, -0.15) is 0 Å². The Labute approximate surface area is 244 Å². The van der Waals surface area contributed by atoms with Crippen LogP contribution >= 0.6 is 0 Å². The summed E-state index contributed by atoms with van der Waals surface area (Å²) in [7, 11) is 3.04. The smallest absolute Gasteiger partial charge is 0.338 e. The number of rotatable bonds is 8. The number of hydrogen-bond donors (Lipinski definition) is 1. The van der Waals surface area contributed by atoms with Gasteiger partial charge in [0.2, 0.25) is 0 Å². The van der Waals surface area contributed by atoms with Crippen LogP contribution in [0.4, 0.5) is 4.39 Å². The van der Waals surface area contributed by atoms with Gasteiger partial charge in [0.1, 0.15) is 23.1 Å². The molecular formula is C36H31FO5. The molecule has 5 aromatic carbocycles. The van der Waals surface area contributed by atoms with Gasteiger partial charge < -0.3 is 19.3 Å². The second kappa shape index (κ2) is 12.2. The molecule has 0 fully saturated rings. The zero-order valence-corrected chi connectivity index (χ0v) is 23.9. The molecule has 0 amide bonds. The minimum Gasteiger partial charge on any atom is -0.508 e. The highest BCUT2D eigenvalue weighted by atomic mass is 19.1. The summed E-state index contributed by atoms with van der Waals surface area (Å²) in [5, 5.41) is 10.0. The lowest BCUT2D eigenvalue weighted by atomic mass is 9.92. The Morgan fingerprint density at radius 1 is 0.690 bits per heavy atom. The van der Waals surface area contributed by atoms with Crippen molar-refractivity contribution in [3.8, 4) is 61.8 Å². The second-order valence-corrected chi connectivity index (χ2v) is 9.88. The zero-order valence-electron chi connectivity index (χ0n) is 23.9. The first kappa shape index (κ1) is 28.4. The molecule has 1 N–H and O–H groups in total. The van der Waals surface area contributed by atoms with Crippen LogP contribution < -0.4 is 9.47 Å². The van der Waals surface area contributed by atoms with Crippen molar-refractivity contribution in [2.75, 3.05) is 20.8 Å². The maximum Gasteiger partial charge on any atom is 0.338 e. The van der Waals surface area contributed by atoms with Gasteiger partial charge in [-0.3, -0.25) is 0 Å². The number of ether oxygens (including phenoxy) is 3. The molecule has 0 aliphatic carbocycles. The lowest BCUT2D eigenvalue weighted by Gasteiger charge is -2.15. The van der Waals surface area contributed by atoms with E-state index >= 15 is 4.39 Å². The second-order valence-electron chi connectivity index (χ2n) is 9.88. The Morgan fingerprint density at radius 3 is 2.00 bits per heavy atom. The largest absolute Gasteiger partial charge is 0.508 e. The van der Waals surface area contributed by atoms with E-state index in [2.05, 4.69) is 0 Å². The van der Waals surface area contributed by atoms with Crippen molar-refractivity contribution in [2.24, 2.45) is 0 Å². The number of carbonyl (C=O) groups is 1. The van der Waals surface area contributed by atoms with Crippen molar-refractivity contribution in [2.45, 2.75) is 13.8 Å². The van der Waals surface area contributed by atoms with Gasteiger partial charge in [0.25, 0.3) is 0 Å². The molecule has 212 valence electrons. The average molecular weight is 563 g/mol. The summed E-state index contributed by atoms with van der Waals surface area (Å²) in [5.74, 6) is 0.0726. The zero-order chi connectivity index (χ0) is 29.8. The molecule has 0 unspecified atom stereocenters. The molecule has 5 nitrogen and oxygen atoms in total. The quantitative estimate of drug-likeness (QED) is 0.192. The van der Waals surface area contributed by atoms with Gasteiger partial charge in [-0.05, 0) is 77.6 Å². The van der Waals surface area contributed by atoms with Gasteiger partial charge in [0, 0.05) is 17.2 Å². The van der Waals surface area contributed by atoms with E-state index in [0.717, 1.165) is 22.3 Å². The maximum absolute atomic E-state index is 15.4. The van der Waals surface area contributed by atoms with Crippen LogP contribution in [0.15, 0.2) is 97.1 Å².